The molecule has 0 spiro atoms. The Morgan fingerprint density at radius 2 is 1.50 bits per heavy atom. The van der Waals surface area contributed by atoms with Crippen LogP contribution in [-0.2, 0) is 0 Å². The highest BCUT2D eigenvalue weighted by atomic mass is 19.1. The molecule has 0 saturated carbocycles. The molecule has 78 valence electrons. The van der Waals surface area contributed by atoms with E-state index in [9.17, 15) is 13.2 Å². The number of rotatable bonds is 2. The Balaban J connectivity index is 3.20. The van der Waals surface area contributed by atoms with Gasteiger partial charge >= 0.3 is 0 Å². The summed E-state index contributed by atoms with van der Waals surface area (Å²) in [5.74, 6) is -3.16. The van der Waals surface area contributed by atoms with Crippen LogP contribution < -0.4 is 5.73 Å². The summed E-state index contributed by atoms with van der Waals surface area (Å²) >= 11 is 0. The van der Waals surface area contributed by atoms with Crippen molar-refractivity contribution in [2.75, 3.05) is 0 Å². The first-order valence-electron chi connectivity index (χ1n) is 4.33. The summed E-state index contributed by atoms with van der Waals surface area (Å²) in [4.78, 5) is 0. The van der Waals surface area contributed by atoms with E-state index in [1.54, 1.807) is 13.8 Å². The first-order valence-corrected chi connectivity index (χ1v) is 4.33. The zero-order chi connectivity index (χ0) is 10.9. The van der Waals surface area contributed by atoms with Gasteiger partial charge in [0.25, 0.3) is 0 Å². The van der Waals surface area contributed by atoms with Gasteiger partial charge in [-0.3, -0.25) is 0 Å². The van der Waals surface area contributed by atoms with Crippen molar-refractivity contribution < 1.29 is 13.2 Å². The second-order valence-corrected chi connectivity index (χ2v) is 3.43. The summed E-state index contributed by atoms with van der Waals surface area (Å²) in [6, 6.07) is 0.943. The third-order valence-corrected chi connectivity index (χ3v) is 2.29. The van der Waals surface area contributed by atoms with Gasteiger partial charge in [-0.15, -0.1) is 0 Å². The van der Waals surface area contributed by atoms with E-state index in [0.717, 1.165) is 0 Å². The van der Waals surface area contributed by atoms with Gasteiger partial charge in [0.1, 0.15) is 17.5 Å². The Morgan fingerprint density at radius 3 is 1.86 bits per heavy atom. The van der Waals surface area contributed by atoms with Crippen molar-refractivity contribution in [3.63, 3.8) is 0 Å². The zero-order valence-electron chi connectivity index (χ0n) is 8.02. The maximum atomic E-state index is 13.2. The minimum absolute atomic E-state index is 0.151. The largest absolute Gasteiger partial charge is 0.327 e. The second-order valence-electron chi connectivity index (χ2n) is 3.43. The minimum atomic E-state index is -0.916. The molecular formula is C10H12F3N. The number of benzene rings is 1. The molecule has 4 heteroatoms. The Hall–Kier alpha value is -1.03. The van der Waals surface area contributed by atoms with Crippen molar-refractivity contribution in [1.29, 1.82) is 0 Å². The fourth-order valence-corrected chi connectivity index (χ4v) is 1.25. The summed E-state index contributed by atoms with van der Waals surface area (Å²) in [6.07, 6.45) is 0. The van der Waals surface area contributed by atoms with E-state index < -0.39 is 23.4 Å². The highest BCUT2D eigenvalue weighted by Gasteiger charge is 2.20. The molecule has 2 N–H and O–H groups in total. The molecule has 0 heterocycles. The molecule has 0 amide bonds. The maximum Gasteiger partial charge on any atom is 0.132 e. The van der Waals surface area contributed by atoms with Crippen molar-refractivity contribution in [3.05, 3.63) is 35.1 Å². The van der Waals surface area contributed by atoms with Crippen LogP contribution in [0.15, 0.2) is 12.1 Å². The lowest BCUT2D eigenvalue weighted by Gasteiger charge is -2.17. The van der Waals surface area contributed by atoms with Gasteiger partial charge in [0.05, 0.1) is 0 Å². The van der Waals surface area contributed by atoms with E-state index in [-0.39, 0.29) is 11.6 Å². The Morgan fingerprint density at radius 1 is 1.07 bits per heavy atom. The fourth-order valence-electron chi connectivity index (χ4n) is 1.25. The minimum Gasteiger partial charge on any atom is -0.327 e. The summed E-state index contributed by atoms with van der Waals surface area (Å²) in [6.45, 7) is 3.25. The van der Waals surface area contributed by atoms with E-state index >= 15 is 0 Å². The SMILES string of the molecule is CC(N)C(C)c1c(F)cc(F)cc1F. The van der Waals surface area contributed by atoms with Gasteiger partial charge in [-0.25, -0.2) is 13.2 Å². The Labute approximate surface area is 80.7 Å². The average Bonchev–Trinajstić information content (AvgIpc) is 2.01. The highest BCUT2D eigenvalue weighted by Crippen LogP contribution is 2.25. The highest BCUT2D eigenvalue weighted by molar-refractivity contribution is 5.25. The van der Waals surface area contributed by atoms with Crippen LogP contribution in [0, 0.1) is 17.5 Å². The molecule has 0 fully saturated rings. The normalized spacial score (nSPS) is 15.3. The van der Waals surface area contributed by atoms with Crippen LogP contribution in [0.25, 0.3) is 0 Å². The van der Waals surface area contributed by atoms with Gasteiger partial charge in [0.15, 0.2) is 0 Å². The first kappa shape index (κ1) is 11.0. The van der Waals surface area contributed by atoms with Crippen LogP contribution in [0.2, 0.25) is 0 Å². The number of hydrogen-bond acceptors (Lipinski definition) is 1. The number of nitrogens with two attached hydrogens (primary N) is 1. The van der Waals surface area contributed by atoms with Crippen LogP contribution in [0.3, 0.4) is 0 Å². The lowest BCUT2D eigenvalue weighted by molar-refractivity contribution is 0.486. The third kappa shape index (κ3) is 2.07. The molecular weight excluding hydrogens is 191 g/mol. The van der Waals surface area contributed by atoms with E-state index in [2.05, 4.69) is 0 Å². The predicted molar refractivity (Wildman–Crippen MR) is 48.4 cm³/mol. The van der Waals surface area contributed by atoms with E-state index in [0.29, 0.717) is 12.1 Å². The van der Waals surface area contributed by atoms with Gasteiger partial charge in [-0.1, -0.05) is 6.92 Å². The molecule has 2 atom stereocenters. The quantitative estimate of drug-likeness (QED) is 0.785. The summed E-state index contributed by atoms with van der Waals surface area (Å²) < 4.78 is 38.9. The maximum absolute atomic E-state index is 13.2. The molecule has 0 saturated heterocycles. The van der Waals surface area contributed by atoms with Gasteiger partial charge < -0.3 is 5.73 Å². The van der Waals surface area contributed by atoms with Crippen LogP contribution in [0.5, 0.6) is 0 Å². The van der Waals surface area contributed by atoms with Crippen LogP contribution in [0.4, 0.5) is 13.2 Å². The Bertz CT molecular complexity index is 313. The lowest BCUT2D eigenvalue weighted by Crippen LogP contribution is -2.24. The van der Waals surface area contributed by atoms with Gasteiger partial charge in [-0.2, -0.15) is 0 Å². The van der Waals surface area contributed by atoms with Crippen molar-refractivity contribution in [3.8, 4) is 0 Å². The predicted octanol–water partition coefficient (Wildman–Crippen LogP) is 2.55. The molecule has 0 aliphatic heterocycles. The van der Waals surface area contributed by atoms with Crippen LogP contribution in [-0.4, -0.2) is 6.04 Å². The number of hydrogen-bond donors (Lipinski definition) is 1. The van der Waals surface area contributed by atoms with Crippen LogP contribution >= 0.6 is 0 Å². The molecule has 0 bridgehead atoms. The smallest absolute Gasteiger partial charge is 0.132 e. The van der Waals surface area contributed by atoms with Crippen molar-refractivity contribution in [2.24, 2.45) is 5.73 Å². The molecule has 2 unspecified atom stereocenters. The molecule has 1 rings (SSSR count). The third-order valence-electron chi connectivity index (χ3n) is 2.29. The van der Waals surface area contributed by atoms with Gasteiger partial charge in [0.2, 0.25) is 0 Å². The van der Waals surface area contributed by atoms with Crippen molar-refractivity contribution in [1.82, 2.24) is 0 Å². The van der Waals surface area contributed by atoms with Crippen molar-refractivity contribution in [2.45, 2.75) is 25.8 Å². The summed E-state index contributed by atoms with van der Waals surface area (Å²) in [5, 5.41) is 0. The van der Waals surface area contributed by atoms with Crippen LogP contribution in [0.1, 0.15) is 25.3 Å². The standard InChI is InChI=1S/C10H12F3N/c1-5(6(2)14)10-8(12)3-7(11)4-9(10)13/h3-6H,14H2,1-2H3. The van der Waals surface area contributed by atoms with E-state index in [1.807, 2.05) is 0 Å². The molecule has 0 aliphatic carbocycles. The summed E-state index contributed by atoms with van der Waals surface area (Å²) in [7, 11) is 0. The lowest BCUT2D eigenvalue weighted by atomic mass is 9.94. The monoisotopic (exact) mass is 203 g/mol. The molecule has 14 heavy (non-hydrogen) atoms. The fraction of sp³-hybridized carbons (Fsp3) is 0.400. The molecule has 1 nitrogen and oxygen atoms in total. The van der Waals surface area contributed by atoms with E-state index in [4.69, 9.17) is 5.73 Å². The van der Waals surface area contributed by atoms with Crippen molar-refractivity contribution >= 4 is 0 Å². The molecule has 0 aliphatic rings. The molecule has 1 aromatic rings. The summed E-state index contributed by atoms with van der Waals surface area (Å²) in [5.41, 5.74) is 5.37. The van der Waals surface area contributed by atoms with E-state index in [1.165, 1.54) is 0 Å². The van der Waals surface area contributed by atoms with Gasteiger partial charge in [0, 0.05) is 29.7 Å². The van der Waals surface area contributed by atoms with Gasteiger partial charge in [-0.05, 0) is 6.92 Å². The molecule has 1 aromatic carbocycles. The average molecular weight is 203 g/mol. The molecule has 0 radical (unpaired) electrons. The number of halogens is 3. The zero-order valence-corrected chi connectivity index (χ0v) is 8.02. The Kier molecular flexibility index (Phi) is 3.16. The second kappa shape index (κ2) is 4.00. The topological polar surface area (TPSA) is 26.0 Å². The first-order chi connectivity index (χ1) is 6.43. The molecule has 0 aromatic heterocycles.